The highest BCUT2D eigenvalue weighted by Gasteiger charge is 2.46. The Bertz CT molecular complexity index is 1870. The van der Waals surface area contributed by atoms with Crippen LogP contribution >= 0.6 is 23.2 Å². The molecule has 0 spiro atoms. The number of aromatic nitrogens is 6. The summed E-state index contributed by atoms with van der Waals surface area (Å²) in [5, 5.41) is 6.00. The van der Waals surface area contributed by atoms with Crippen LogP contribution < -0.4 is 15.2 Å². The molecule has 0 fully saturated rings. The van der Waals surface area contributed by atoms with Gasteiger partial charge in [-0.15, -0.1) is 0 Å². The number of rotatable bonds is 5. The molecule has 4 aromatic heterocycles. The molecule has 204 valence electrons. The molecule has 1 amide bonds. The molecule has 12 heteroatoms. The zero-order valence-electron chi connectivity index (χ0n) is 22.4. The Balaban J connectivity index is 1.65. The van der Waals surface area contributed by atoms with Crippen LogP contribution in [0.4, 0.5) is 5.69 Å². The molecule has 0 bridgehead atoms. The van der Waals surface area contributed by atoms with Crippen LogP contribution in [0.5, 0.6) is 5.88 Å². The van der Waals surface area contributed by atoms with E-state index in [1.54, 1.807) is 37.2 Å². The Kier molecular flexibility index (Phi) is 6.19. The summed E-state index contributed by atoms with van der Waals surface area (Å²) in [6.45, 7) is 4.02. The third-order valence-electron chi connectivity index (χ3n) is 7.09. The Morgan fingerprint density at radius 2 is 1.73 bits per heavy atom. The van der Waals surface area contributed by atoms with Crippen LogP contribution in [0.25, 0.3) is 22.4 Å². The second-order valence-electron chi connectivity index (χ2n) is 9.95. The van der Waals surface area contributed by atoms with Gasteiger partial charge >= 0.3 is 0 Å². The van der Waals surface area contributed by atoms with Crippen molar-refractivity contribution >= 4 is 45.8 Å². The number of amides is 1. The smallest absolute Gasteiger partial charge is 0.279 e. The molecule has 10 nitrogen and oxygen atoms in total. The third kappa shape index (κ3) is 3.89. The van der Waals surface area contributed by atoms with Gasteiger partial charge in [-0.05, 0) is 43.7 Å². The van der Waals surface area contributed by atoms with Crippen LogP contribution in [0.3, 0.4) is 0 Å². The monoisotopic (exact) mass is 577 g/mol. The van der Waals surface area contributed by atoms with Crippen LogP contribution in [0.15, 0.2) is 53.6 Å². The minimum atomic E-state index is -0.671. The second kappa shape index (κ2) is 9.50. The van der Waals surface area contributed by atoms with Crippen molar-refractivity contribution in [2.45, 2.75) is 25.9 Å². The lowest BCUT2D eigenvalue weighted by Gasteiger charge is -2.28. The summed E-state index contributed by atoms with van der Waals surface area (Å²) in [4.78, 5) is 38.5. The number of hydrogen-bond donors (Lipinski definition) is 0. The van der Waals surface area contributed by atoms with E-state index >= 15 is 0 Å². The number of halogens is 2. The Labute approximate surface area is 239 Å². The number of benzene rings is 1. The first kappa shape index (κ1) is 26.1. The molecule has 6 rings (SSSR count). The van der Waals surface area contributed by atoms with Crippen molar-refractivity contribution in [3.8, 4) is 17.3 Å². The average Bonchev–Trinajstić information content (AvgIpc) is 3.57. The quantitative estimate of drug-likeness (QED) is 0.285. The van der Waals surface area contributed by atoms with Crippen molar-refractivity contribution in [1.29, 1.82) is 0 Å². The van der Waals surface area contributed by atoms with E-state index in [-0.39, 0.29) is 23.0 Å². The van der Waals surface area contributed by atoms with Gasteiger partial charge in [0, 0.05) is 36.7 Å². The zero-order chi connectivity index (χ0) is 28.5. The number of imidazole rings is 1. The highest BCUT2D eigenvalue weighted by molar-refractivity contribution is 6.31. The van der Waals surface area contributed by atoms with E-state index in [9.17, 15) is 9.59 Å². The van der Waals surface area contributed by atoms with Gasteiger partial charge in [0.25, 0.3) is 11.5 Å². The molecule has 1 aliphatic rings. The molecular weight excluding hydrogens is 553 g/mol. The molecule has 0 unspecified atom stereocenters. The van der Waals surface area contributed by atoms with Gasteiger partial charge in [-0.3, -0.25) is 19.2 Å². The normalized spacial score (nSPS) is 14.9. The first-order valence-electron chi connectivity index (χ1n) is 12.5. The highest BCUT2D eigenvalue weighted by atomic mass is 35.5. The van der Waals surface area contributed by atoms with E-state index in [1.165, 1.54) is 21.7 Å². The number of pyridine rings is 2. The molecule has 0 radical (unpaired) electrons. The minimum Gasteiger partial charge on any atom is -0.480 e. The van der Waals surface area contributed by atoms with Gasteiger partial charge in [0.2, 0.25) is 5.88 Å². The highest BCUT2D eigenvalue weighted by Crippen LogP contribution is 2.45. The van der Waals surface area contributed by atoms with E-state index in [0.717, 1.165) is 10.9 Å². The summed E-state index contributed by atoms with van der Waals surface area (Å²) in [5.41, 5.74) is 2.73. The fourth-order valence-electron chi connectivity index (χ4n) is 5.33. The van der Waals surface area contributed by atoms with Crippen LogP contribution in [-0.4, -0.2) is 41.9 Å². The van der Waals surface area contributed by atoms with Crippen molar-refractivity contribution in [3.63, 3.8) is 0 Å². The van der Waals surface area contributed by atoms with E-state index < -0.39 is 11.9 Å². The fraction of sp³-hybridized carbons (Fsp3) is 0.250. The Morgan fingerprint density at radius 1 is 1.00 bits per heavy atom. The molecule has 1 aromatic carbocycles. The summed E-state index contributed by atoms with van der Waals surface area (Å²) < 4.78 is 10.7. The van der Waals surface area contributed by atoms with Crippen LogP contribution in [0.1, 0.15) is 47.7 Å². The van der Waals surface area contributed by atoms with Gasteiger partial charge in [0.15, 0.2) is 11.3 Å². The molecule has 0 aliphatic carbocycles. The lowest BCUT2D eigenvalue weighted by molar-refractivity contribution is 0.0989. The molecule has 5 heterocycles. The van der Waals surface area contributed by atoms with E-state index in [2.05, 4.69) is 10.1 Å². The maximum absolute atomic E-state index is 14.2. The van der Waals surface area contributed by atoms with Crippen molar-refractivity contribution in [3.05, 3.63) is 86.1 Å². The summed E-state index contributed by atoms with van der Waals surface area (Å²) >= 11 is 12.6. The van der Waals surface area contributed by atoms with Gasteiger partial charge in [-0.25, -0.2) is 4.98 Å². The van der Waals surface area contributed by atoms with Crippen LogP contribution in [0, 0.1) is 0 Å². The third-order valence-corrected chi connectivity index (χ3v) is 7.54. The van der Waals surface area contributed by atoms with Crippen molar-refractivity contribution in [2.75, 3.05) is 12.0 Å². The molecule has 40 heavy (non-hydrogen) atoms. The van der Waals surface area contributed by atoms with E-state index in [1.807, 2.05) is 43.7 Å². The lowest BCUT2D eigenvalue weighted by Crippen LogP contribution is -2.36. The van der Waals surface area contributed by atoms with Crippen molar-refractivity contribution in [1.82, 2.24) is 28.9 Å². The molecule has 1 aliphatic heterocycles. The number of aryl methyl sites for hydroxylation is 2. The Morgan fingerprint density at radius 3 is 2.40 bits per heavy atom. The summed E-state index contributed by atoms with van der Waals surface area (Å²) in [6, 6.07) is 9.84. The molecule has 0 N–H and O–H groups in total. The molecule has 1 atom stereocenters. The van der Waals surface area contributed by atoms with Crippen molar-refractivity contribution < 1.29 is 9.53 Å². The number of nitrogens with zero attached hydrogens (tertiary/aromatic N) is 7. The maximum atomic E-state index is 14.2. The first-order valence-corrected chi connectivity index (χ1v) is 13.3. The van der Waals surface area contributed by atoms with Crippen LogP contribution in [0.2, 0.25) is 10.0 Å². The SMILES string of the molecule is COc1nc2c(cnn2C)cc1-c1nc2c(n1C(C)C)[C@H](c1ccc(Cl)cc1)N(c1cc(Cl)cn(C)c1=O)C2=O. The number of carbonyl (C=O) groups is 1. The number of fused-ring (bicyclic) bond motifs is 2. The predicted molar refractivity (Wildman–Crippen MR) is 153 cm³/mol. The second-order valence-corrected chi connectivity index (χ2v) is 10.8. The van der Waals surface area contributed by atoms with Crippen LogP contribution in [-0.2, 0) is 14.1 Å². The number of hydrogen-bond acceptors (Lipinski definition) is 6. The van der Waals surface area contributed by atoms with Gasteiger partial charge in [0.1, 0.15) is 17.6 Å². The van der Waals surface area contributed by atoms with Gasteiger partial charge in [-0.2, -0.15) is 10.1 Å². The van der Waals surface area contributed by atoms with Crippen molar-refractivity contribution in [2.24, 2.45) is 14.1 Å². The van der Waals surface area contributed by atoms with E-state index in [0.29, 0.717) is 38.7 Å². The first-order chi connectivity index (χ1) is 19.1. The standard InChI is InChI=1S/C28H25Cl2N7O3/c1-14(2)36-23-21(32-25(36)19-10-16-12-31-35(4)24(16)33-26(19)40-5)28(39)37(20-11-18(30)13-34(3)27(20)38)22(23)15-6-8-17(29)9-7-15/h6-14,22H,1-5H3/t22-/m0/s1. The number of anilines is 1. The fourth-order valence-corrected chi connectivity index (χ4v) is 5.71. The minimum absolute atomic E-state index is 0.120. The summed E-state index contributed by atoms with van der Waals surface area (Å²) in [6.07, 6.45) is 3.23. The molecule has 5 aromatic rings. The number of ether oxygens (including phenoxy) is 1. The summed E-state index contributed by atoms with van der Waals surface area (Å²) in [7, 11) is 4.95. The number of methoxy groups -OCH3 is 1. The summed E-state index contributed by atoms with van der Waals surface area (Å²) in [5.74, 6) is 0.475. The maximum Gasteiger partial charge on any atom is 0.279 e. The average molecular weight is 578 g/mol. The molecular formula is C28H25Cl2N7O3. The topological polar surface area (TPSA) is 100 Å². The molecule has 0 saturated heterocycles. The van der Waals surface area contributed by atoms with Gasteiger partial charge in [0.05, 0.1) is 29.6 Å². The lowest BCUT2D eigenvalue weighted by atomic mass is 10.0. The van der Waals surface area contributed by atoms with Gasteiger partial charge in [-0.1, -0.05) is 35.3 Å². The largest absolute Gasteiger partial charge is 0.480 e. The zero-order valence-corrected chi connectivity index (χ0v) is 23.9. The predicted octanol–water partition coefficient (Wildman–Crippen LogP) is 5.18. The number of carbonyl (C=O) groups excluding carboxylic acids is 1. The van der Waals surface area contributed by atoms with E-state index in [4.69, 9.17) is 32.9 Å². The molecule has 0 saturated carbocycles. The van der Waals surface area contributed by atoms with Gasteiger partial charge < -0.3 is 13.9 Å². The Hall–Kier alpha value is -4.15.